The van der Waals surface area contributed by atoms with Gasteiger partial charge in [0.1, 0.15) is 5.82 Å². The molecule has 0 fully saturated rings. The Balaban J connectivity index is 2.32. The van der Waals surface area contributed by atoms with Gasteiger partial charge in [-0.1, -0.05) is 36.7 Å². The molecule has 1 nitrogen and oxygen atoms in total. The molecule has 0 aliphatic rings. The van der Waals surface area contributed by atoms with Gasteiger partial charge in [0.15, 0.2) is 0 Å². The van der Waals surface area contributed by atoms with E-state index in [1.54, 1.807) is 12.1 Å². The van der Waals surface area contributed by atoms with Crippen molar-refractivity contribution < 1.29 is 4.39 Å². The van der Waals surface area contributed by atoms with Crippen LogP contribution in [-0.4, -0.2) is 0 Å². The molecular weight excluding hydrogens is 341 g/mol. The number of hydrogen-bond donors (Lipinski definition) is 1. The highest BCUT2D eigenvalue weighted by Gasteiger charge is 2.15. The van der Waals surface area contributed by atoms with Crippen molar-refractivity contribution in [3.8, 4) is 0 Å². The SMILES string of the molecule is CCC(Nc1cc(Cl)c(C)cc1Br)c1ccccc1F. The average molecular weight is 357 g/mol. The third-order valence-electron chi connectivity index (χ3n) is 3.27. The fraction of sp³-hybridized carbons (Fsp3) is 0.250. The molecule has 0 amide bonds. The third kappa shape index (κ3) is 3.33. The highest BCUT2D eigenvalue weighted by Crippen LogP contribution is 2.33. The predicted molar refractivity (Wildman–Crippen MR) is 86.9 cm³/mol. The smallest absolute Gasteiger partial charge is 0.128 e. The van der Waals surface area contributed by atoms with Gasteiger partial charge in [-0.2, -0.15) is 0 Å². The molecule has 20 heavy (non-hydrogen) atoms. The summed E-state index contributed by atoms with van der Waals surface area (Å²) in [6.07, 6.45) is 0.777. The normalized spacial score (nSPS) is 12.2. The van der Waals surface area contributed by atoms with E-state index in [4.69, 9.17) is 11.6 Å². The maximum absolute atomic E-state index is 13.9. The van der Waals surface area contributed by atoms with Crippen LogP contribution in [0.15, 0.2) is 40.9 Å². The molecule has 2 aromatic carbocycles. The zero-order chi connectivity index (χ0) is 14.7. The van der Waals surface area contributed by atoms with Crippen LogP contribution in [-0.2, 0) is 0 Å². The molecule has 0 radical (unpaired) electrons. The molecule has 0 bridgehead atoms. The zero-order valence-electron chi connectivity index (χ0n) is 11.4. The van der Waals surface area contributed by atoms with Gasteiger partial charge in [0.25, 0.3) is 0 Å². The molecule has 1 N–H and O–H groups in total. The molecule has 0 saturated carbocycles. The topological polar surface area (TPSA) is 12.0 Å². The Morgan fingerprint density at radius 2 is 2.00 bits per heavy atom. The first kappa shape index (κ1) is 15.3. The van der Waals surface area contributed by atoms with Crippen LogP contribution in [0.1, 0.15) is 30.5 Å². The molecule has 0 aliphatic heterocycles. The summed E-state index contributed by atoms with van der Waals surface area (Å²) in [5, 5.41) is 4.04. The van der Waals surface area contributed by atoms with E-state index in [0.717, 1.165) is 22.1 Å². The maximum atomic E-state index is 13.9. The first-order valence-corrected chi connectivity index (χ1v) is 7.66. The van der Waals surface area contributed by atoms with Crippen molar-refractivity contribution in [1.29, 1.82) is 0 Å². The zero-order valence-corrected chi connectivity index (χ0v) is 13.7. The second-order valence-corrected chi connectivity index (χ2v) is 5.97. The Bertz CT molecular complexity index is 615. The van der Waals surface area contributed by atoms with Gasteiger partial charge in [-0.05, 0) is 53.0 Å². The monoisotopic (exact) mass is 355 g/mol. The Morgan fingerprint density at radius 3 is 2.65 bits per heavy atom. The van der Waals surface area contributed by atoms with E-state index in [-0.39, 0.29) is 11.9 Å². The fourth-order valence-electron chi connectivity index (χ4n) is 2.10. The molecule has 0 spiro atoms. The maximum Gasteiger partial charge on any atom is 0.128 e. The third-order valence-corrected chi connectivity index (χ3v) is 4.33. The highest BCUT2D eigenvalue weighted by atomic mass is 79.9. The lowest BCUT2D eigenvalue weighted by atomic mass is 10.0. The summed E-state index contributed by atoms with van der Waals surface area (Å²) in [7, 11) is 0. The molecule has 106 valence electrons. The number of hydrogen-bond acceptors (Lipinski definition) is 1. The standard InChI is InChI=1S/C16H16BrClFN/c1-3-15(11-6-4-5-7-14(11)19)20-16-9-13(18)10(2)8-12(16)17/h4-9,15,20H,3H2,1-2H3. The second-order valence-electron chi connectivity index (χ2n) is 4.71. The molecule has 1 atom stereocenters. The lowest BCUT2D eigenvalue weighted by molar-refractivity contribution is 0.587. The number of nitrogens with one attached hydrogen (secondary N) is 1. The summed E-state index contributed by atoms with van der Waals surface area (Å²) in [5.41, 5.74) is 2.54. The van der Waals surface area contributed by atoms with Crippen LogP contribution in [0.3, 0.4) is 0 Å². The molecule has 4 heteroatoms. The second kappa shape index (κ2) is 6.59. The van der Waals surface area contributed by atoms with Gasteiger partial charge < -0.3 is 5.32 Å². The lowest BCUT2D eigenvalue weighted by Crippen LogP contribution is -2.12. The van der Waals surface area contributed by atoms with Gasteiger partial charge in [-0.3, -0.25) is 0 Å². The van der Waals surface area contributed by atoms with Crippen LogP contribution >= 0.6 is 27.5 Å². The van der Waals surface area contributed by atoms with Crippen molar-refractivity contribution >= 4 is 33.2 Å². The minimum absolute atomic E-state index is 0.0914. The van der Waals surface area contributed by atoms with E-state index >= 15 is 0 Å². The molecular formula is C16H16BrClFN. The molecule has 1 unspecified atom stereocenters. The van der Waals surface area contributed by atoms with Crippen molar-refractivity contribution in [2.24, 2.45) is 0 Å². The minimum Gasteiger partial charge on any atom is -0.377 e. The number of aryl methyl sites for hydroxylation is 1. The number of benzene rings is 2. The predicted octanol–water partition coefficient (Wildman–Crippen LogP) is 6.11. The summed E-state index contributed by atoms with van der Waals surface area (Å²) >= 11 is 9.67. The minimum atomic E-state index is -0.193. The summed E-state index contributed by atoms with van der Waals surface area (Å²) in [4.78, 5) is 0. The van der Waals surface area contributed by atoms with Crippen molar-refractivity contribution in [2.75, 3.05) is 5.32 Å². The number of anilines is 1. The molecule has 0 aliphatic carbocycles. The first-order chi connectivity index (χ1) is 9.52. The molecule has 0 aromatic heterocycles. The van der Waals surface area contributed by atoms with Crippen LogP contribution in [0.25, 0.3) is 0 Å². The van der Waals surface area contributed by atoms with E-state index in [1.165, 1.54) is 6.07 Å². The van der Waals surface area contributed by atoms with Gasteiger partial charge in [0, 0.05) is 15.1 Å². The quantitative estimate of drug-likeness (QED) is 0.696. The molecule has 2 aromatic rings. The Hall–Kier alpha value is -1.06. The molecule has 2 rings (SSSR count). The van der Waals surface area contributed by atoms with Crippen LogP contribution in [0.4, 0.5) is 10.1 Å². The Morgan fingerprint density at radius 1 is 1.30 bits per heavy atom. The summed E-state index contributed by atoms with van der Waals surface area (Å²) in [6.45, 7) is 3.97. The highest BCUT2D eigenvalue weighted by molar-refractivity contribution is 9.10. The van der Waals surface area contributed by atoms with Gasteiger partial charge in [-0.15, -0.1) is 0 Å². The van der Waals surface area contributed by atoms with Gasteiger partial charge >= 0.3 is 0 Å². The van der Waals surface area contributed by atoms with E-state index in [2.05, 4.69) is 21.2 Å². The van der Waals surface area contributed by atoms with E-state index < -0.39 is 0 Å². The summed E-state index contributed by atoms with van der Waals surface area (Å²) in [6, 6.07) is 10.6. The number of halogens is 3. The number of rotatable bonds is 4. The van der Waals surface area contributed by atoms with Gasteiger partial charge in [0.2, 0.25) is 0 Å². The van der Waals surface area contributed by atoms with E-state index in [9.17, 15) is 4.39 Å². The van der Waals surface area contributed by atoms with E-state index in [1.807, 2.05) is 32.0 Å². The fourth-order valence-corrected chi connectivity index (χ4v) is 2.84. The van der Waals surface area contributed by atoms with Crippen molar-refractivity contribution in [3.63, 3.8) is 0 Å². The lowest BCUT2D eigenvalue weighted by Gasteiger charge is -2.21. The van der Waals surface area contributed by atoms with Crippen LogP contribution in [0, 0.1) is 12.7 Å². The van der Waals surface area contributed by atoms with Gasteiger partial charge in [-0.25, -0.2) is 4.39 Å². The van der Waals surface area contributed by atoms with Crippen molar-refractivity contribution in [1.82, 2.24) is 0 Å². The first-order valence-electron chi connectivity index (χ1n) is 6.49. The summed E-state index contributed by atoms with van der Waals surface area (Å²) < 4.78 is 14.8. The largest absolute Gasteiger partial charge is 0.377 e. The summed E-state index contributed by atoms with van der Waals surface area (Å²) in [5.74, 6) is -0.193. The Labute approximate surface area is 132 Å². The van der Waals surface area contributed by atoms with E-state index in [0.29, 0.717) is 10.6 Å². The Kier molecular flexibility index (Phi) is 5.06. The molecule has 0 heterocycles. The molecule has 0 saturated heterocycles. The van der Waals surface area contributed by atoms with Gasteiger partial charge in [0.05, 0.1) is 11.7 Å². The van der Waals surface area contributed by atoms with Crippen LogP contribution < -0.4 is 5.32 Å². The van der Waals surface area contributed by atoms with Crippen LogP contribution in [0.5, 0.6) is 0 Å². The van der Waals surface area contributed by atoms with Crippen LogP contribution in [0.2, 0.25) is 5.02 Å². The average Bonchev–Trinajstić information content (AvgIpc) is 2.42. The van der Waals surface area contributed by atoms with Crippen molar-refractivity contribution in [3.05, 3.63) is 62.8 Å². The van der Waals surface area contributed by atoms with Crippen molar-refractivity contribution in [2.45, 2.75) is 26.3 Å².